The van der Waals surface area contributed by atoms with E-state index in [1.165, 1.54) is 19.2 Å². The number of nitrogens with one attached hydrogen (secondary N) is 2. The van der Waals surface area contributed by atoms with Gasteiger partial charge in [0.1, 0.15) is 5.75 Å². The predicted octanol–water partition coefficient (Wildman–Crippen LogP) is 1.28. The van der Waals surface area contributed by atoms with E-state index in [1.54, 1.807) is 24.3 Å². The van der Waals surface area contributed by atoms with E-state index in [0.717, 1.165) is 17.1 Å². The van der Waals surface area contributed by atoms with E-state index in [2.05, 4.69) is 10.7 Å². The Kier molecular flexibility index (Phi) is 7.18. The molecule has 1 aliphatic rings. The van der Waals surface area contributed by atoms with Crippen molar-refractivity contribution in [2.24, 2.45) is 5.92 Å². The maximum Gasteiger partial charge on any atom is 0.311 e. The molecule has 2 N–H and O–H groups in total. The topological polar surface area (TPSA) is 157 Å². The average molecular weight is 456 g/mol. The zero-order valence-corrected chi connectivity index (χ0v) is 17.5. The van der Waals surface area contributed by atoms with Crippen molar-refractivity contribution in [3.05, 3.63) is 64.2 Å². The molecule has 33 heavy (non-hydrogen) atoms. The summed E-state index contributed by atoms with van der Waals surface area (Å²) in [4.78, 5) is 58.8. The molecule has 0 unspecified atom stereocenters. The maximum atomic E-state index is 12.3. The van der Waals surface area contributed by atoms with E-state index in [1.807, 2.05) is 0 Å². The van der Waals surface area contributed by atoms with Crippen LogP contribution in [0.1, 0.15) is 16.8 Å². The van der Waals surface area contributed by atoms with Crippen LogP contribution in [-0.2, 0) is 19.1 Å². The fourth-order valence-corrected chi connectivity index (χ4v) is 3.05. The number of rotatable bonds is 8. The van der Waals surface area contributed by atoms with E-state index in [-0.39, 0.29) is 24.2 Å². The van der Waals surface area contributed by atoms with Gasteiger partial charge in [0.2, 0.25) is 5.91 Å². The number of nitro groups is 1. The SMILES string of the molecule is COc1cccc(NC(=O)COC(=O)[C@@H]2CC(=O)N(NC(=O)c3ccc([N+](=O)[O-])cc3)C2)c1. The van der Waals surface area contributed by atoms with Crippen LogP contribution >= 0.6 is 0 Å². The van der Waals surface area contributed by atoms with Crippen LogP contribution in [-0.4, -0.2) is 53.9 Å². The summed E-state index contributed by atoms with van der Waals surface area (Å²) >= 11 is 0. The zero-order valence-electron chi connectivity index (χ0n) is 17.5. The quantitative estimate of drug-likeness (QED) is 0.342. The Morgan fingerprint density at radius 2 is 1.91 bits per heavy atom. The molecule has 12 heteroatoms. The molecular formula is C21H20N4O8. The van der Waals surface area contributed by atoms with Crippen LogP contribution in [0, 0.1) is 16.0 Å². The van der Waals surface area contributed by atoms with Crippen LogP contribution in [0.3, 0.4) is 0 Å². The van der Waals surface area contributed by atoms with Crippen molar-refractivity contribution in [2.45, 2.75) is 6.42 Å². The Morgan fingerprint density at radius 1 is 1.18 bits per heavy atom. The molecule has 1 aliphatic heterocycles. The summed E-state index contributed by atoms with van der Waals surface area (Å²) in [5, 5.41) is 14.2. The number of amides is 3. The van der Waals surface area contributed by atoms with Crippen LogP contribution in [0.4, 0.5) is 11.4 Å². The Labute approximate surface area is 187 Å². The van der Waals surface area contributed by atoms with Gasteiger partial charge in [-0.1, -0.05) is 6.07 Å². The first kappa shape index (κ1) is 23.2. The average Bonchev–Trinajstić information content (AvgIpc) is 3.17. The largest absolute Gasteiger partial charge is 0.497 e. The molecule has 2 aromatic rings. The van der Waals surface area contributed by atoms with Crippen molar-refractivity contribution in [3.63, 3.8) is 0 Å². The molecule has 1 heterocycles. The van der Waals surface area contributed by atoms with Gasteiger partial charge in [0.25, 0.3) is 17.5 Å². The molecule has 172 valence electrons. The van der Waals surface area contributed by atoms with Crippen LogP contribution < -0.4 is 15.5 Å². The summed E-state index contributed by atoms with van der Waals surface area (Å²) in [6.45, 7) is -0.677. The van der Waals surface area contributed by atoms with Crippen molar-refractivity contribution in [1.82, 2.24) is 10.4 Å². The third-order valence-electron chi connectivity index (χ3n) is 4.73. The zero-order chi connectivity index (χ0) is 24.0. The summed E-state index contributed by atoms with van der Waals surface area (Å²) in [5.74, 6) is -2.80. The van der Waals surface area contributed by atoms with Crippen LogP contribution in [0.2, 0.25) is 0 Å². The third-order valence-corrected chi connectivity index (χ3v) is 4.73. The number of anilines is 1. The van der Waals surface area contributed by atoms with Gasteiger partial charge in [-0.15, -0.1) is 0 Å². The number of carbonyl (C=O) groups is 4. The first-order valence-electron chi connectivity index (χ1n) is 9.73. The molecule has 0 bridgehead atoms. The molecule has 2 aromatic carbocycles. The standard InChI is InChI=1S/C21H20N4O8/c1-32-17-4-2-3-15(10-17)22-18(26)12-33-21(29)14-9-19(27)24(11-14)23-20(28)13-5-7-16(8-6-13)25(30)31/h2-8,10,14H,9,11-12H2,1H3,(H,22,26)(H,23,28)/t14-/m1/s1. The van der Waals surface area contributed by atoms with Gasteiger partial charge in [0, 0.05) is 35.9 Å². The molecule has 0 radical (unpaired) electrons. The number of nitrogens with zero attached hydrogens (tertiary/aromatic N) is 2. The second kappa shape index (κ2) is 10.2. The number of esters is 1. The summed E-state index contributed by atoms with van der Waals surface area (Å²) < 4.78 is 10.1. The van der Waals surface area contributed by atoms with E-state index in [4.69, 9.17) is 9.47 Å². The van der Waals surface area contributed by atoms with Gasteiger partial charge in [-0.3, -0.25) is 39.7 Å². The Hall–Kier alpha value is -4.48. The van der Waals surface area contributed by atoms with Crippen molar-refractivity contribution >= 4 is 35.1 Å². The van der Waals surface area contributed by atoms with Crippen LogP contribution in [0.15, 0.2) is 48.5 Å². The Balaban J connectivity index is 1.48. The number of ether oxygens (including phenoxy) is 2. The van der Waals surface area contributed by atoms with Gasteiger partial charge in [0.05, 0.1) is 24.5 Å². The molecular weight excluding hydrogens is 436 g/mol. The molecule has 0 spiro atoms. The highest BCUT2D eigenvalue weighted by Crippen LogP contribution is 2.19. The molecule has 3 rings (SSSR count). The van der Waals surface area contributed by atoms with Crippen molar-refractivity contribution in [1.29, 1.82) is 0 Å². The number of carbonyl (C=O) groups excluding carboxylic acids is 4. The third kappa shape index (κ3) is 6.03. The summed E-state index contributed by atoms with van der Waals surface area (Å²) in [7, 11) is 1.49. The smallest absolute Gasteiger partial charge is 0.311 e. The minimum Gasteiger partial charge on any atom is -0.497 e. The molecule has 1 atom stereocenters. The molecule has 3 amide bonds. The fourth-order valence-electron chi connectivity index (χ4n) is 3.05. The van der Waals surface area contributed by atoms with E-state index >= 15 is 0 Å². The molecule has 12 nitrogen and oxygen atoms in total. The summed E-state index contributed by atoms with van der Waals surface area (Å²) in [6.07, 6.45) is -0.198. The number of hydrogen-bond donors (Lipinski definition) is 2. The summed E-state index contributed by atoms with van der Waals surface area (Å²) in [6, 6.07) is 11.5. The Bertz CT molecular complexity index is 1090. The lowest BCUT2D eigenvalue weighted by Crippen LogP contribution is -2.43. The highest BCUT2D eigenvalue weighted by Gasteiger charge is 2.36. The number of benzene rings is 2. The first-order chi connectivity index (χ1) is 15.8. The van der Waals surface area contributed by atoms with Gasteiger partial charge >= 0.3 is 5.97 Å². The molecule has 0 aromatic heterocycles. The Morgan fingerprint density at radius 3 is 2.58 bits per heavy atom. The molecule has 1 fully saturated rings. The predicted molar refractivity (Wildman–Crippen MR) is 113 cm³/mol. The van der Waals surface area contributed by atoms with Crippen LogP contribution in [0.25, 0.3) is 0 Å². The molecule has 0 saturated carbocycles. The normalized spacial score (nSPS) is 15.0. The van der Waals surface area contributed by atoms with Gasteiger partial charge in [0.15, 0.2) is 6.61 Å². The fraction of sp³-hybridized carbons (Fsp3) is 0.238. The van der Waals surface area contributed by atoms with E-state index < -0.39 is 41.1 Å². The van der Waals surface area contributed by atoms with Crippen molar-refractivity contribution in [3.8, 4) is 5.75 Å². The highest BCUT2D eigenvalue weighted by molar-refractivity contribution is 5.97. The second-order valence-electron chi connectivity index (χ2n) is 7.04. The van der Waals surface area contributed by atoms with E-state index in [9.17, 15) is 29.3 Å². The van der Waals surface area contributed by atoms with Gasteiger partial charge in [-0.05, 0) is 24.3 Å². The summed E-state index contributed by atoms with van der Waals surface area (Å²) in [5.41, 5.74) is 2.75. The highest BCUT2D eigenvalue weighted by atomic mass is 16.6. The lowest BCUT2D eigenvalue weighted by molar-refractivity contribution is -0.384. The lowest BCUT2D eigenvalue weighted by Gasteiger charge is -2.17. The van der Waals surface area contributed by atoms with Crippen LogP contribution in [0.5, 0.6) is 5.75 Å². The minimum absolute atomic E-state index is 0.105. The van der Waals surface area contributed by atoms with Crippen molar-refractivity contribution < 1.29 is 33.6 Å². The number of non-ortho nitro benzene ring substituents is 1. The molecule has 1 saturated heterocycles. The number of methoxy groups -OCH3 is 1. The lowest BCUT2D eigenvalue weighted by atomic mass is 10.1. The number of hydrogen-bond acceptors (Lipinski definition) is 8. The minimum atomic E-state index is -0.862. The van der Waals surface area contributed by atoms with Crippen molar-refractivity contribution in [2.75, 3.05) is 25.6 Å². The maximum absolute atomic E-state index is 12.3. The monoisotopic (exact) mass is 456 g/mol. The molecule has 0 aliphatic carbocycles. The second-order valence-corrected chi connectivity index (χ2v) is 7.04. The van der Waals surface area contributed by atoms with Gasteiger partial charge < -0.3 is 14.8 Å². The van der Waals surface area contributed by atoms with Gasteiger partial charge in [-0.2, -0.15) is 0 Å². The number of hydrazine groups is 1. The van der Waals surface area contributed by atoms with Gasteiger partial charge in [-0.25, -0.2) is 0 Å². The van der Waals surface area contributed by atoms with E-state index in [0.29, 0.717) is 11.4 Å². The number of nitro benzene ring substituents is 1. The first-order valence-corrected chi connectivity index (χ1v) is 9.73.